The molecule has 0 bridgehead atoms. The second kappa shape index (κ2) is 2.50. The molecule has 0 aromatic carbocycles. The molecule has 1 saturated heterocycles. The van der Waals surface area contributed by atoms with Crippen LogP contribution in [0, 0.1) is 0 Å². The van der Waals surface area contributed by atoms with Crippen molar-refractivity contribution in [2.24, 2.45) is 0 Å². The summed E-state index contributed by atoms with van der Waals surface area (Å²) in [4.78, 5) is 22.4. The minimum absolute atomic E-state index is 0.222. The van der Waals surface area contributed by atoms with Crippen molar-refractivity contribution in [2.45, 2.75) is 6.42 Å². The third kappa shape index (κ3) is 0.870. The number of carbonyl (C=O) groups is 1. The van der Waals surface area contributed by atoms with Crippen LogP contribution in [-0.4, -0.2) is 23.3 Å². The van der Waals surface area contributed by atoms with Crippen molar-refractivity contribution in [1.29, 1.82) is 0 Å². The van der Waals surface area contributed by atoms with E-state index in [1.165, 1.54) is 11.1 Å². The van der Waals surface area contributed by atoms with Gasteiger partial charge in [-0.25, -0.2) is 4.79 Å². The zero-order valence-electron chi connectivity index (χ0n) is 5.46. The van der Waals surface area contributed by atoms with Crippen LogP contribution in [0.2, 0.25) is 0 Å². The van der Waals surface area contributed by atoms with E-state index in [-0.39, 0.29) is 11.5 Å². The van der Waals surface area contributed by atoms with E-state index in [0.29, 0.717) is 13.0 Å². The number of nitrogens with zero attached hydrogens (tertiary/aromatic N) is 1. The van der Waals surface area contributed by atoms with Crippen molar-refractivity contribution in [3.63, 3.8) is 0 Å². The van der Waals surface area contributed by atoms with Crippen molar-refractivity contribution in [2.75, 3.05) is 6.54 Å². The van der Waals surface area contributed by atoms with E-state index >= 15 is 0 Å². The zero-order valence-corrected chi connectivity index (χ0v) is 5.46. The summed E-state index contributed by atoms with van der Waals surface area (Å²) in [6, 6.07) is 0. The lowest BCUT2D eigenvalue weighted by Crippen LogP contribution is -2.17. The van der Waals surface area contributed by atoms with Crippen molar-refractivity contribution < 1.29 is 9.59 Å². The minimum atomic E-state index is -0.259. The van der Waals surface area contributed by atoms with Crippen molar-refractivity contribution in [1.82, 2.24) is 4.90 Å². The van der Waals surface area contributed by atoms with Crippen LogP contribution >= 0.6 is 0 Å². The first-order valence-electron chi connectivity index (χ1n) is 2.97. The quantitative estimate of drug-likeness (QED) is 0.380. The molecule has 10 heavy (non-hydrogen) atoms. The molecule has 0 saturated carbocycles. The Morgan fingerprint density at radius 2 is 2.40 bits per heavy atom. The maximum Gasteiger partial charge on any atom is 0.264 e. The van der Waals surface area contributed by atoms with Crippen LogP contribution in [0.3, 0.4) is 0 Å². The van der Waals surface area contributed by atoms with Gasteiger partial charge in [0.15, 0.2) is 0 Å². The summed E-state index contributed by atoms with van der Waals surface area (Å²) in [5.74, 6) is 1.35. The first-order chi connectivity index (χ1) is 4.79. The van der Waals surface area contributed by atoms with Crippen molar-refractivity contribution in [3.05, 3.63) is 18.4 Å². The molecule has 3 heteroatoms. The molecule has 1 heterocycles. The Labute approximate surface area is 58.6 Å². The molecule has 0 aromatic heterocycles. The minimum Gasteiger partial charge on any atom is -0.315 e. The average Bonchev–Trinajstić information content (AvgIpc) is 2.30. The predicted octanol–water partition coefficient (Wildman–Crippen LogP) is 0.120. The van der Waals surface area contributed by atoms with Gasteiger partial charge in [-0.2, -0.15) is 0 Å². The average molecular weight is 137 g/mol. The van der Waals surface area contributed by atoms with E-state index in [9.17, 15) is 9.59 Å². The molecule has 1 amide bonds. The number of carbonyl (C=O) groups excluding carboxylic acids is 2. The molecular weight excluding hydrogens is 130 g/mol. The molecule has 0 atom stereocenters. The van der Waals surface area contributed by atoms with E-state index in [4.69, 9.17) is 0 Å². The van der Waals surface area contributed by atoms with Gasteiger partial charge in [0.05, 0.1) is 0 Å². The first kappa shape index (κ1) is 6.78. The molecule has 1 aliphatic rings. The predicted molar refractivity (Wildman–Crippen MR) is 35.7 cm³/mol. The molecular formula is C7H7NO2. The SMILES string of the molecule is C=CN1CCC(=C=O)C1=O. The summed E-state index contributed by atoms with van der Waals surface area (Å²) >= 11 is 0. The molecule has 3 nitrogen and oxygen atoms in total. The standard InChI is InChI=1S/C7H7NO2/c1-2-8-4-3-6(5-9)7(8)10/h2H,1,3-4H2. The Morgan fingerprint density at radius 1 is 1.70 bits per heavy atom. The van der Waals surface area contributed by atoms with Gasteiger partial charge >= 0.3 is 0 Å². The zero-order chi connectivity index (χ0) is 7.56. The maximum atomic E-state index is 10.9. The van der Waals surface area contributed by atoms with Crippen LogP contribution in [0.4, 0.5) is 0 Å². The molecule has 0 radical (unpaired) electrons. The van der Waals surface area contributed by atoms with Crippen LogP contribution in [0.1, 0.15) is 6.42 Å². The lowest BCUT2D eigenvalue weighted by atomic mass is 10.3. The third-order valence-electron chi connectivity index (χ3n) is 1.47. The number of amides is 1. The Balaban J connectivity index is 2.86. The number of likely N-dealkylation sites (tertiary alicyclic amines) is 1. The molecule has 0 N–H and O–H groups in total. The van der Waals surface area contributed by atoms with Crippen LogP contribution in [-0.2, 0) is 9.59 Å². The summed E-state index contributed by atoms with van der Waals surface area (Å²) < 4.78 is 0. The van der Waals surface area contributed by atoms with E-state index in [1.807, 2.05) is 0 Å². The van der Waals surface area contributed by atoms with E-state index < -0.39 is 0 Å². The first-order valence-corrected chi connectivity index (χ1v) is 2.97. The van der Waals surface area contributed by atoms with Gasteiger partial charge in [0.25, 0.3) is 5.91 Å². The Morgan fingerprint density at radius 3 is 2.70 bits per heavy atom. The van der Waals surface area contributed by atoms with Crippen LogP contribution in [0.15, 0.2) is 18.4 Å². The molecule has 0 unspecified atom stereocenters. The van der Waals surface area contributed by atoms with Gasteiger partial charge in [-0.05, 0) is 6.20 Å². The number of hydrogen-bond acceptors (Lipinski definition) is 2. The molecule has 52 valence electrons. The Hall–Kier alpha value is -1.34. The normalized spacial score (nSPS) is 17.4. The second-order valence-corrected chi connectivity index (χ2v) is 2.01. The van der Waals surface area contributed by atoms with Crippen LogP contribution in [0.5, 0.6) is 0 Å². The van der Waals surface area contributed by atoms with Gasteiger partial charge in [-0.15, -0.1) is 0 Å². The molecule has 1 fully saturated rings. The lowest BCUT2D eigenvalue weighted by Gasteiger charge is -2.04. The maximum absolute atomic E-state index is 10.9. The summed E-state index contributed by atoms with van der Waals surface area (Å²) in [5, 5.41) is 0. The summed E-state index contributed by atoms with van der Waals surface area (Å²) in [6.07, 6.45) is 1.92. The summed E-state index contributed by atoms with van der Waals surface area (Å²) in [6.45, 7) is 3.99. The van der Waals surface area contributed by atoms with E-state index in [1.54, 1.807) is 5.94 Å². The van der Waals surface area contributed by atoms with Gasteiger partial charge in [-0.1, -0.05) is 6.58 Å². The molecule has 0 aliphatic carbocycles. The highest BCUT2D eigenvalue weighted by molar-refractivity contribution is 6.02. The largest absolute Gasteiger partial charge is 0.315 e. The molecule has 0 spiro atoms. The number of hydrogen-bond donors (Lipinski definition) is 0. The highest BCUT2D eigenvalue weighted by Crippen LogP contribution is 2.13. The van der Waals surface area contributed by atoms with E-state index in [2.05, 4.69) is 6.58 Å². The van der Waals surface area contributed by atoms with Gasteiger partial charge in [0.1, 0.15) is 11.5 Å². The summed E-state index contributed by atoms with van der Waals surface area (Å²) in [5.41, 5.74) is 0.222. The summed E-state index contributed by atoms with van der Waals surface area (Å²) in [7, 11) is 0. The van der Waals surface area contributed by atoms with Crippen molar-refractivity contribution in [3.8, 4) is 0 Å². The van der Waals surface area contributed by atoms with Crippen LogP contribution in [0.25, 0.3) is 0 Å². The number of rotatable bonds is 1. The van der Waals surface area contributed by atoms with Gasteiger partial charge in [-0.3, -0.25) is 4.79 Å². The fraction of sp³-hybridized carbons (Fsp3) is 0.286. The molecule has 1 rings (SSSR count). The fourth-order valence-corrected chi connectivity index (χ4v) is 0.883. The van der Waals surface area contributed by atoms with Gasteiger partial charge in [0, 0.05) is 13.0 Å². The van der Waals surface area contributed by atoms with Gasteiger partial charge in [0.2, 0.25) is 0 Å². The molecule has 0 aromatic rings. The topological polar surface area (TPSA) is 37.4 Å². The third-order valence-corrected chi connectivity index (χ3v) is 1.47. The fourth-order valence-electron chi connectivity index (χ4n) is 0.883. The highest BCUT2D eigenvalue weighted by Gasteiger charge is 2.24. The Bertz CT molecular complexity index is 226. The molecule has 1 aliphatic heterocycles. The van der Waals surface area contributed by atoms with Crippen LogP contribution < -0.4 is 0 Å². The van der Waals surface area contributed by atoms with Gasteiger partial charge < -0.3 is 4.90 Å². The van der Waals surface area contributed by atoms with E-state index in [0.717, 1.165) is 0 Å². The lowest BCUT2D eigenvalue weighted by molar-refractivity contribution is -0.122. The smallest absolute Gasteiger partial charge is 0.264 e. The van der Waals surface area contributed by atoms with Crippen molar-refractivity contribution >= 4 is 11.8 Å². The highest BCUT2D eigenvalue weighted by atomic mass is 16.2. The Kier molecular flexibility index (Phi) is 1.69. The monoisotopic (exact) mass is 137 g/mol. The second-order valence-electron chi connectivity index (χ2n) is 2.01.